The molecule has 88 valence electrons. The van der Waals surface area contributed by atoms with Crippen LogP contribution in [-0.2, 0) is 19.1 Å². The van der Waals surface area contributed by atoms with E-state index in [0.29, 0.717) is 0 Å². The van der Waals surface area contributed by atoms with Crippen LogP contribution >= 0.6 is 23.2 Å². The molecular formula is C8H6Cl2O5S. The quantitative estimate of drug-likeness (QED) is 0.853. The molecule has 5 nitrogen and oxygen atoms in total. The van der Waals surface area contributed by atoms with E-state index in [-0.39, 0.29) is 14.9 Å². The Balaban J connectivity index is 2.99. The number of benzene rings is 1. The first-order valence-corrected chi connectivity index (χ1v) is 6.05. The molecule has 1 N–H and O–H groups in total. The smallest absolute Gasteiger partial charge is 0.331 e. The lowest BCUT2D eigenvalue weighted by molar-refractivity contribution is -0.139. The van der Waals surface area contributed by atoms with Crippen LogP contribution in [0.25, 0.3) is 0 Å². The molecule has 0 aliphatic carbocycles. The normalized spacial score (nSPS) is 11.4. The van der Waals surface area contributed by atoms with E-state index < -0.39 is 22.7 Å². The molecule has 0 saturated heterocycles. The number of hydrogen-bond acceptors (Lipinski definition) is 4. The Morgan fingerprint density at radius 1 is 1.31 bits per heavy atom. The van der Waals surface area contributed by atoms with E-state index in [2.05, 4.69) is 4.18 Å². The minimum atomic E-state index is -4.12. The van der Waals surface area contributed by atoms with E-state index in [1.54, 1.807) is 0 Å². The Bertz CT molecular complexity index is 511. The molecular weight excluding hydrogens is 279 g/mol. The van der Waals surface area contributed by atoms with E-state index >= 15 is 0 Å². The molecule has 0 fully saturated rings. The largest absolute Gasteiger partial charge is 0.479 e. The lowest BCUT2D eigenvalue weighted by atomic mass is 10.4. The van der Waals surface area contributed by atoms with Crippen LogP contribution in [0.3, 0.4) is 0 Å². The maximum absolute atomic E-state index is 11.4. The first kappa shape index (κ1) is 13.2. The number of halogens is 2. The SMILES string of the molecule is O=C(O)COS(=O)(=O)c1ccc(Cl)c(Cl)c1. The highest BCUT2D eigenvalue weighted by atomic mass is 35.5. The zero-order chi connectivity index (χ0) is 12.3. The highest BCUT2D eigenvalue weighted by Crippen LogP contribution is 2.25. The van der Waals surface area contributed by atoms with Crippen molar-refractivity contribution in [2.75, 3.05) is 6.61 Å². The van der Waals surface area contributed by atoms with Crippen LogP contribution in [0.1, 0.15) is 0 Å². The van der Waals surface area contributed by atoms with Crippen molar-refractivity contribution >= 4 is 39.3 Å². The van der Waals surface area contributed by atoms with Crippen molar-refractivity contribution in [1.29, 1.82) is 0 Å². The highest BCUT2D eigenvalue weighted by molar-refractivity contribution is 7.86. The van der Waals surface area contributed by atoms with Gasteiger partial charge in [0, 0.05) is 0 Å². The molecule has 8 heteroatoms. The van der Waals surface area contributed by atoms with Gasteiger partial charge in [0.25, 0.3) is 10.1 Å². The van der Waals surface area contributed by atoms with E-state index in [0.717, 1.165) is 6.07 Å². The topological polar surface area (TPSA) is 80.7 Å². The third-order valence-electron chi connectivity index (χ3n) is 1.52. The van der Waals surface area contributed by atoms with Crippen LogP contribution in [0.5, 0.6) is 0 Å². The molecule has 1 rings (SSSR count). The predicted octanol–water partition coefficient (Wildman–Crippen LogP) is 1.78. The number of carboxylic acids is 1. The minimum absolute atomic E-state index is 0.0432. The van der Waals surface area contributed by atoms with Gasteiger partial charge in [-0.3, -0.25) is 4.18 Å². The van der Waals surface area contributed by atoms with Crippen LogP contribution in [0.15, 0.2) is 23.1 Å². The summed E-state index contributed by atoms with van der Waals surface area (Å²) < 4.78 is 27.1. The van der Waals surface area contributed by atoms with Gasteiger partial charge in [0.1, 0.15) is 0 Å². The van der Waals surface area contributed by atoms with Gasteiger partial charge >= 0.3 is 5.97 Å². The lowest BCUT2D eigenvalue weighted by Gasteiger charge is -2.04. The fourth-order valence-electron chi connectivity index (χ4n) is 0.828. The Morgan fingerprint density at radius 2 is 1.94 bits per heavy atom. The monoisotopic (exact) mass is 284 g/mol. The molecule has 0 aromatic heterocycles. The van der Waals surface area contributed by atoms with Crippen LogP contribution in [0, 0.1) is 0 Å². The molecule has 1 aromatic carbocycles. The fraction of sp³-hybridized carbons (Fsp3) is 0.125. The van der Waals surface area contributed by atoms with Gasteiger partial charge in [-0.2, -0.15) is 8.42 Å². The molecule has 0 saturated carbocycles. The van der Waals surface area contributed by atoms with Gasteiger partial charge in [0.15, 0.2) is 6.61 Å². The van der Waals surface area contributed by atoms with Crippen LogP contribution in [0.2, 0.25) is 10.0 Å². The number of hydrogen-bond donors (Lipinski definition) is 1. The lowest BCUT2D eigenvalue weighted by Crippen LogP contribution is -2.13. The number of aliphatic carboxylic acids is 1. The van der Waals surface area contributed by atoms with Crippen molar-refractivity contribution in [2.24, 2.45) is 0 Å². The van der Waals surface area contributed by atoms with Gasteiger partial charge in [-0.05, 0) is 18.2 Å². The van der Waals surface area contributed by atoms with Gasteiger partial charge in [0.05, 0.1) is 14.9 Å². The molecule has 0 spiro atoms. The standard InChI is InChI=1S/C8H6Cl2O5S/c9-6-2-1-5(3-7(6)10)16(13,14)15-4-8(11)12/h1-3H,4H2,(H,11,12). The van der Waals surface area contributed by atoms with Crippen LogP contribution in [0.4, 0.5) is 0 Å². The van der Waals surface area contributed by atoms with Crippen molar-refractivity contribution < 1.29 is 22.5 Å². The highest BCUT2D eigenvalue weighted by Gasteiger charge is 2.17. The number of rotatable bonds is 4. The molecule has 0 aliphatic heterocycles. The van der Waals surface area contributed by atoms with Gasteiger partial charge in [-0.25, -0.2) is 4.79 Å². The molecule has 0 atom stereocenters. The van der Waals surface area contributed by atoms with Gasteiger partial charge in [0.2, 0.25) is 0 Å². The minimum Gasteiger partial charge on any atom is -0.479 e. The first-order chi connectivity index (χ1) is 7.33. The molecule has 0 radical (unpaired) electrons. The molecule has 16 heavy (non-hydrogen) atoms. The summed E-state index contributed by atoms with van der Waals surface area (Å²) in [7, 11) is -4.12. The average Bonchev–Trinajstić information content (AvgIpc) is 2.19. The summed E-state index contributed by atoms with van der Waals surface area (Å²) in [6.45, 7) is -0.942. The van der Waals surface area contributed by atoms with Crippen molar-refractivity contribution in [3.63, 3.8) is 0 Å². The number of carboxylic acid groups (broad SMARTS) is 1. The van der Waals surface area contributed by atoms with Crippen LogP contribution in [-0.4, -0.2) is 26.1 Å². The maximum Gasteiger partial charge on any atom is 0.331 e. The van der Waals surface area contributed by atoms with E-state index in [4.69, 9.17) is 28.3 Å². The molecule has 0 bridgehead atoms. The average molecular weight is 285 g/mol. The summed E-state index contributed by atoms with van der Waals surface area (Å²) in [6, 6.07) is 3.54. The fourth-order valence-corrected chi connectivity index (χ4v) is 2.08. The summed E-state index contributed by atoms with van der Waals surface area (Å²) in [4.78, 5) is 9.91. The summed E-state index contributed by atoms with van der Waals surface area (Å²) in [5.74, 6) is -1.39. The van der Waals surface area contributed by atoms with E-state index in [1.165, 1.54) is 12.1 Å². The summed E-state index contributed by atoms with van der Waals surface area (Å²) in [5, 5.41) is 8.52. The maximum atomic E-state index is 11.4. The molecule has 0 aliphatic rings. The molecule has 1 aromatic rings. The zero-order valence-electron chi connectivity index (χ0n) is 7.68. The predicted molar refractivity (Wildman–Crippen MR) is 57.2 cm³/mol. The first-order valence-electron chi connectivity index (χ1n) is 3.89. The second kappa shape index (κ2) is 5.01. The van der Waals surface area contributed by atoms with Gasteiger partial charge in [-0.1, -0.05) is 23.2 Å². The van der Waals surface area contributed by atoms with E-state index in [1.807, 2.05) is 0 Å². The second-order valence-corrected chi connectivity index (χ2v) is 5.12. The summed E-state index contributed by atoms with van der Waals surface area (Å²) in [5.41, 5.74) is 0. The second-order valence-electron chi connectivity index (χ2n) is 2.69. The van der Waals surface area contributed by atoms with Crippen molar-refractivity contribution in [3.8, 4) is 0 Å². The molecule has 0 amide bonds. The van der Waals surface area contributed by atoms with Gasteiger partial charge in [-0.15, -0.1) is 0 Å². The van der Waals surface area contributed by atoms with Crippen molar-refractivity contribution in [1.82, 2.24) is 0 Å². The summed E-state index contributed by atoms with van der Waals surface area (Å²) in [6.07, 6.45) is 0. The molecule has 0 heterocycles. The summed E-state index contributed by atoms with van der Waals surface area (Å²) >= 11 is 11.2. The van der Waals surface area contributed by atoms with Crippen molar-refractivity contribution in [3.05, 3.63) is 28.2 Å². The Hall–Kier alpha value is -0.820. The van der Waals surface area contributed by atoms with Gasteiger partial charge < -0.3 is 5.11 Å². The third kappa shape index (κ3) is 3.34. The zero-order valence-corrected chi connectivity index (χ0v) is 10.0. The Kier molecular flexibility index (Phi) is 4.15. The Labute approximate surface area is 102 Å². The van der Waals surface area contributed by atoms with Crippen LogP contribution < -0.4 is 0 Å². The van der Waals surface area contributed by atoms with Crippen molar-refractivity contribution in [2.45, 2.75) is 4.90 Å². The number of carbonyl (C=O) groups is 1. The van der Waals surface area contributed by atoms with E-state index in [9.17, 15) is 13.2 Å². The third-order valence-corrected chi connectivity index (χ3v) is 3.52. The Morgan fingerprint density at radius 3 is 2.44 bits per heavy atom. The molecule has 0 unspecified atom stereocenters.